The van der Waals surface area contributed by atoms with E-state index in [-0.39, 0.29) is 5.41 Å². The maximum absolute atomic E-state index is 11.3. The van der Waals surface area contributed by atoms with Crippen molar-refractivity contribution in [1.29, 1.82) is 0 Å². The zero-order valence-electron chi connectivity index (χ0n) is 17.5. The van der Waals surface area contributed by atoms with Crippen LogP contribution in [0.15, 0.2) is 84.9 Å². The molecule has 0 heterocycles. The van der Waals surface area contributed by atoms with Crippen LogP contribution in [0.3, 0.4) is 0 Å². The number of fused-ring (bicyclic) bond motifs is 6. The molecule has 0 fully saturated rings. The van der Waals surface area contributed by atoms with Crippen molar-refractivity contribution >= 4 is 0 Å². The molecular formula is C29H24O. The van der Waals surface area contributed by atoms with Crippen LogP contribution in [0.1, 0.15) is 43.0 Å². The van der Waals surface area contributed by atoms with Crippen molar-refractivity contribution < 1.29 is 5.11 Å². The molecular weight excluding hydrogens is 364 g/mol. The first-order valence-electron chi connectivity index (χ1n) is 10.6. The lowest BCUT2D eigenvalue weighted by atomic mass is 9.81. The second kappa shape index (κ2) is 5.71. The number of benzene rings is 4. The van der Waals surface area contributed by atoms with Gasteiger partial charge in [-0.1, -0.05) is 86.6 Å². The lowest BCUT2D eigenvalue weighted by Crippen LogP contribution is -2.19. The fourth-order valence-corrected chi connectivity index (χ4v) is 5.53. The van der Waals surface area contributed by atoms with Gasteiger partial charge in [-0.3, -0.25) is 0 Å². The van der Waals surface area contributed by atoms with Gasteiger partial charge in [0.25, 0.3) is 0 Å². The molecule has 30 heavy (non-hydrogen) atoms. The molecule has 0 aromatic heterocycles. The predicted molar refractivity (Wildman–Crippen MR) is 124 cm³/mol. The van der Waals surface area contributed by atoms with E-state index in [0.717, 1.165) is 27.8 Å². The van der Waals surface area contributed by atoms with Gasteiger partial charge in [0.2, 0.25) is 0 Å². The van der Waals surface area contributed by atoms with Crippen molar-refractivity contribution in [2.45, 2.75) is 31.8 Å². The van der Waals surface area contributed by atoms with Crippen molar-refractivity contribution in [1.82, 2.24) is 0 Å². The second-order valence-electron chi connectivity index (χ2n) is 9.31. The number of hydrogen-bond donors (Lipinski definition) is 1. The third-order valence-corrected chi connectivity index (χ3v) is 7.20. The first-order valence-corrected chi connectivity index (χ1v) is 10.6. The van der Waals surface area contributed by atoms with E-state index in [1.165, 1.54) is 27.8 Å². The summed E-state index contributed by atoms with van der Waals surface area (Å²) in [5.41, 5.74) is 11.1. The van der Waals surface area contributed by atoms with Crippen LogP contribution in [0.25, 0.3) is 33.4 Å². The molecule has 2 aliphatic rings. The van der Waals surface area contributed by atoms with E-state index in [1.54, 1.807) is 0 Å². The molecule has 0 unspecified atom stereocenters. The van der Waals surface area contributed by atoms with E-state index in [0.29, 0.717) is 0 Å². The minimum atomic E-state index is -0.964. The molecule has 4 aromatic rings. The van der Waals surface area contributed by atoms with E-state index >= 15 is 0 Å². The zero-order valence-corrected chi connectivity index (χ0v) is 17.5. The Balaban J connectivity index is 1.51. The van der Waals surface area contributed by atoms with Gasteiger partial charge < -0.3 is 5.11 Å². The van der Waals surface area contributed by atoms with Gasteiger partial charge in [0.15, 0.2) is 0 Å². The molecule has 2 aliphatic carbocycles. The maximum atomic E-state index is 11.3. The standard InChI is InChI=1S/C29H24O/c1-28(2)24-10-6-4-8-20(24)22-14-12-18(16-26(22)28)19-13-15-23-21-9-5-7-11-25(21)29(3,30)27(23)17-19/h4-17,30H,1-3H3/t29-/m0/s1. The summed E-state index contributed by atoms with van der Waals surface area (Å²) in [5, 5.41) is 11.3. The average molecular weight is 389 g/mol. The highest BCUT2D eigenvalue weighted by atomic mass is 16.3. The minimum absolute atomic E-state index is 0.0135. The zero-order chi connectivity index (χ0) is 20.7. The van der Waals surface area contributed by atoms with E-state index < -0.39 is 5.60 Å². The third-order valence-electron chi connectivity index (χ3n) is 7.20. The summed E-state index contributed by atoms with van der Waals surface area (Å²) in [5.74, 6) is 0. The normalized spacial score (nSPS) is 19.7. The Kier molecular flexibility index (Phi) is 3.36. The molecule has 1 N–H and O–H groups in total. The fourth-order valence-electron chi connectivity index (χ4n) is 5.53. The van der Waals surface area contributed by atoms with E-state index in [1.807, 2.05) is 25.1 Å². The van der Waals surface area contributed by atoms with Crippen molar-refractivity contribution in [2.75, 3.05) is 0 Å². The second-order valence-corrected chi connectivity index (χ2v) is 9.31. The molecule has 0 saturated heterocycles. The highest BCUT2D eigenvalue weighted by Crippen LogP contribution is 2.51. The first kappa shape index (κ1) is 17.7. The Morgan fingerprint density at radius 1 is 0.500 bits per heavy atom. The lowest BCUT2D eigenvalue weighted by molar-refractivity contribution is 0.107. The van der Waals surface area contributed by atoms with Gasteiger partial charge in [-0.05, 0) is 74.7 Å². The summed E-state index contributed by atoms with van der Waals surface area (Å²) in [6.07, 6.45) is 0. The summed E-state index contributed by atoms with van der Waals surface area (Å²) < 4.78 is 0. The molecule has 146 valence electrons. The minimum Gasteiger partial charge on any atom is -0.381 e. The smallest absolute Gasteiger partial charge is 0.113 e. The predicted octanol–water partition coefficient (Wildman–Crippen LogP) is 6.90. The Bertz CT molecular complexity index is 1240. The van der Waals surface area contributed by atoms with Crippen molar-refractivity contribution in [3.8, 4) is 33.4 Å². The third kappa shape index (κ3) is 2.16. The van der Waals surface area contributed by atoms with Gasteiger partial charge in [0, 0.05) is 5.41 Å². The molecule has 1 nitrogen and oxygen atoms in total. The average Bonchev–Trinajstić information content (AvgIpc) is 3.14. The molecule has 0 bridgehead atoms. The highest BCUT2D eigenvalue weighted by molar-refractivity contribution is 5.86. The van der Waals surface area contributed by atoms with Crippen LogP contribution < -0.4 is 0 Å². The fraction of sp³-hybridized carbons (Fsp3) is 0.172. The molecule has 0 spiro atoms. The van der Waals surface area contributed by atoms with Crippen LogP contribution >= 0.6 is 0 Å². The highest BCUT2D eigenvalue weighted by Gasteiger charge is 2.38. The van der Waals surface area contributed by atoms with Gasteiger partial charge in [0.1, 0.15) is 5.60 Å². The van der Waals surface area contributed by atoms with Crippen molar-refractivity contribution in [3.63, 3.8) is 0 Å². The van der Waals surface area contributed by atoms with E-state index in [2.05, 4.69) is 80.6 Å². The van der Waals surface area contributed by atoms with Crippen molar-refractivity contribution in [2.24, 2.45) is 0 Å². The van der Waals surface area contributed by atoms with Crippen LogP contribution in [-0.2, 0) is 11.0 Å². The summed E-state index contributed by atoms with van der Waals surface area (Å²) in [4.78, 5) is 0. The van der Waals surface area contributed by atoms with Gasteiger partial charge in [-0.2, -0.15) is 0 Å². The topological polar surface area (TPSA) is 20.2 Å². The van der Waals surface area contributed by atoms with Gasteiger partial charge in [0.05, 0.1) is 0 Å². The molecule has 1 heteroatoms. The maximum Gasteiger partial charge on any atom is 0.113 e. The van der Waals surface area contributed by atoms with Crippen LogP contribution in [0.5, 0.6) is 0 Å². The van der Waals surface area contributed by atoms with Crippen LogP contribution in [0.4, 0.5) is 0 Å². The molecule has 0 radical (unpaired) electrons. The van der Waals surface area contributed by atoms with E-state index in [9.17, 15) is 5.11 Å². The Morgan fingerprint density at radius 3 is 1.63 bits per heavy atom. The largest absolute Gasteiger partial charge is 0.381 e. The van der Waals surface area contributed by atoms with Gasteiger partial charge in [-0.15, -0.1) is 0 Å². The monoisotopic (exact) mass is 388 g/mol. The number of rotatable bonds is 1. The molecule has 0 amide bonds. The lowest BCUT2D eigenvalue weighted by Gasteiger charge is -2.22. The molecule has 0 aliphatic heterocycles. The van der Waals surface area contributed by atoms with Gasteiger partial charge in [-0.25, -0.2) is 0 Å². The van der Waals surface area contributed by atoms with Crippen LogP contribution in [-0.4, -0.2) is 5.11 Å². The van der Waals surface area contributed by atoms with Gasteiger partial charge >= 0.3 is 0 Å². The number of hydrogen-bond acceptors (Lipinski definition) is 1. The SMILES string of the molecule is CC1(C)c2ccccc2-c2ccc(-c3ccc4c(c3)[C@@](C)(O)c3ccccc3-4)cc21. The molecule has 6 rings (SSSR count). The Hall–Kier alpha value is -3.16. The molecule has 1 atom stereocenters. The van der Waals surface area contributed by atoms with Crippen LogP contribution in [0, 0.1) is 0 Å². The number of aliphatic hydroxyl groups is 1. The molecule has 4 aromatic carbocycles. The van der Waals surface area contributed by atoms with Crippen molar-refractivity contribution in [3.05, 3.63) is 107 Å². The van der Waals surface area contributed by atoms with E-state index in [4.69, 9.17) is 0 Å². The summed E-state index contributed by atoms with van der Waals surface area (Å²) >= 11 is 0. The summed E-state index contributed by atoms with van der Waals surface area (Å²) in [7, 11) is 0. The Labute approximate surface area is 177 Å². The summed E-state index contributed by atoms with van der Waals surface area (Å²) in [6, 6.07) is 30.3. The van der Waals surface area contributed by atoms with Crippen LogP contribution in [0.2, 0.25) is 0 Å². The first-order chi connectivity index (χ1) is 14.4. The molecule has 0 saturated carbocycles. The summed E-state index contributed by atoms with van der Waals surface area (Å²) in [6.45, 7) is 6.53. The quantitative estimate of drug-likeness (QED) is 0.376. The Morgan fingerprint density at radius 2 is 0.967 bits per heavy atom.